The first-order chi connectivity index (χ1) is 9.56. The molecule has 0 bridgehead atoms. The van der Waals surface area contributed by atoms with E-state index in [-0.39, 0.29) is 17.8 Å². The van der Waals surface area contributed by atoms with Crippen molar-refractivity contribution < 1.29 is 9.18 Å². The van der Waals surface area contributed by atoms with Crippen LogP contribution in [-0.2, 0) is 11.3 Å². The maximum Gasteiger partial charge on any atom is 0.236 e. The van der Waals surface area contributed by atoms with Crippen LogP contribution in [0, 0.1) is 5.82 Å². The Hall–Kier alpha value is -1.46. The second-order valence-electron chi connectivity index (χ2n) is 5.48. The van der Waals surface area contributed by atoms with Crippen molar-refractivity contribution >= 4 is 5.91 Å². The van der Waals surface area contributed by atoms with Gasteiger partial charge in [0.05, 0.1) is 6.54 Å². The molecule has 110 valence electrons. The lowest BCUT2D eigenvalue weighted by Gasteiger charge is -2.31. The number of piperidine rings is 1. The third-order valence-corrected chi connectivity index (χ3v) is 3.69. The first-order valence-corrected chi connectivity index (χ1v) is 7.01. The van der Waals surface area contributed by atoms with E-state index in [1.54, 1.807) is 30.1 Å². The van der Waals surface area contributed by atoms with Crippen LogP contribution in [0.2, 0.25) is 0 Å². The second kappa shape index (κ2) is 6.81. The predicted octanol–water partition coefficient (Wildman–Crippen LogP) is 1.21. The number of nitrogens with zero attached hydrogens (tertiary/aromatic N) is 2. The molecule has 4 nitrogen and oxygen atoms in total. The summed E-state index contributed by atoms with van der Waals surface area (Å²) in [5.74, 6) is -0.269. The van der Waals surface area contributed by atoms with Crippen LogP contribution in [0.4, 0.5) is 4.39 Å². The van der Waals surface area contributed by atoms with Crippen molar-refractivity contribution in [3.05, 3.63) is 35.6 Å². The molecular formula is C15H22FN3O. The molecule has 1 aromatic rings. The van der Waals surface area contributed by atoms with Crippen molar-refractivity contribution in [3.8, 4) is 0 Å². The maximum atomic E-state index is 13.6. The van der Waals surface area contributed by atoms with E-state index < -0.39 is 0 Å². The summed E-state index contributed by atoms with van der Waals surface area (Å²) in [5.41, 5.74) is 6.44. The minimum atomic E-state index is -0.271. The first-order valence-electron chi connectivity index (χ1n) is 7.01. The lowest BCUT2D eigenvalue weighted by Crippen LogP contribution is -2.47. The highest BCUT2D eigenvalue weighted by atomic mass is 19.1. The number of nitrogens with two attached hydrogens (primary N) is 1. The minimum Gasteiger partial charge on any atom is -0.340 e. The highest BCUT2D eigenvalue weighted by Gasteiger charge is 2.20. The molecule has 1 saturated heterocycles. The summed E-state index contributed by atoms with van der Waals surface area (Å²) in [6.45, 7) is 2.33. The molecule has 0 aromatic heterocycles. The summed E-state index contributed by atoms with van der Waals surface area (Å²) in [5, 5.41) is 0. The van der Waals surface area contributed by atoms with E-state index in [9.17, 15) is 9.18 Å². The molecule has 1 heterocycles. The first kappa shape index (κ1) is 14.9. The van der Waals surface area contributed by atoms with Gasteiger partial charge >= 0.3 is 0 Å². The highest BCUT2D eigenvalue weighted by Crippen LogP contribution is 2.11. The molecule has 1 fully saturated rings. The van der Waals surface area contributed by atoms with Crippen LogP contribution in [0.1, 0.15) is 18.4 Å². The number of likely N-dealkylation sites (tertiary alicyclic amines) is 1. The van der Waals surface area contributed by atoms with Crippen LogP contribution in [0.3, 0.4) is 0 Å². The van der Waals surface area contributed by atoms with E-state index in [0.29, 0.717) is 18.7 Å². The fourth-order valence-electron chi connectivity index (χ4n) is 2.52. The molecule has 1 aliphatic heterocycles. The predicted molar refractivity (Wildman–Crippen MR) is 76.5 cm³/mol. The van der Waals surface area contributed by atoms with E-state index >= 15 is 0 Å². The lowest BCUT2D eigenvalue weighted by molar-refractivity contribution is -0.131. The molecule has 1 atom stereocenters. The minimum absolute atomic E-state index is 0.00218. The Morgan fingerprint density at radius 3 is 2.95 bits per heavy atom. The summed E-state index contributed by atoms with van der Waals surface area (Å²) >= 11 is 0. The van der Waals surface area contributed by atoms with Gasteiger partial charge < -0.3 is 10.6 Å². The number of amides is 1. The summed E-state index contributed by atoms with van der Waals surface area (Å²) < 4.78 is 13.6. The van der Waals surface area contributed by atoms with E-state index in [1.807, 2.05) is 0 Å². The van der Waals surface area contributed by atoms with Crippen molar-refractivity contribution in [3.63, 3.8) is 0 Å². The van der Waals surface area contributed by atoms with Gasteiger partial charge in [0.25, 0.3) is 0 Å². The van der Waals surface area contributed by atoms with E-state index in [0.717, 1.165) is 25.9 Å². The lowest BCUT2D eigenvalue weighted by atomic mass is 10.1. The Kier molecular flexibility index (Phi) is 5.09. The van der Waals surface area contributed by atoms with Crippen molar-refractivity contribution in [1.82, 2.24) is 9.80 Å². The van der Waals surface area contributed by atoms with E-state index in [2.05, 4.69) is 4.90 Å². The molecule has 1 aromatic carbocycles. The fourth-order valence-corrected chi connectivity index (χ4v) is 2.52. The van der Waals surface area contributed by atoms with Crippen LogP contribution in [0.15, 0.2) is 24.3 Å². The molecule has 0 spiro atoms. The SMILES string of the molecule is CN(Cc1ccccc1F)C(=O)CN1CCC[C@@H](N)C1. The largest absolute Gasteiger partial charge is 0.340 e. The molecule has 1 amide bonds. The molecule has 5 heteroatoms. The monoisotopic (exact) mass is 279 g/mol. The number of likely N-dealkylation sites (N-methyl/N-ethyl adjacent to an activating group) is 1. The van der Waals surface area contributed by atoms with Crippen LogP contribution in [0.25, 0.3) is 0 Å². The molecular weight excluding hydrogens is 257 g/mol. The third kappa shape index (κ3) is 4.02. The van der Waals surface area contributed by atoms with Gasteiger partial charge in [-0.25, -0.2) is 4.39 Å². The Labute approximate surface area is 119 Å². The van der Waals surface area contributed by atoms with Gasteiger partial charge in [0.15, 0.2) is 0 Å². The van der Waals surface area contributed by atoms with Gasteiger partial charge in [0.1, 0.15) is 5.82 Å². The van der Waals surface area contributed by atoms with Crippen molar-refractivity contribution in [2.24, 2.45) is 5.73 Å². The van der Waals surface area contributed by atoms with Crippen molar-refractivity contribution in [1.29, 1.82) is 0 Å². The summed E-state index contributed by atoms with van der Waals surface area (Å²) in [7, 11) is 1.71. The van der Waals surface area contributed by atoms with Crippen LogP contribution < -0.4 is 5.73 Å². The Bertz CT molecular complexity index is 466. The zero-order chi connectivity index (χ0) is 14.5. The number of halogens is 1. The normalized spacial score (nSPS) is 19.9. The Morgan fingerprint density at radius 2 is 2.25 bits per heavy atom. The fraction of sp³-hybridized carbons (Fsp3) is 0.533. The van der Waals surface area contributed by atoms with Crippen molar-refractivity contribution in [2.45, 2.75) is 25.4 Å². The third-order valence-electron chi connectivity index (χ3n) is 3.69. The van der Waals surface area contributed by atoms with E-state index in [1.165, 1.54) is 6.07 Å². The molecule has 1 aliphatic rings. The van der Waals surface area contributed by atoms with Gasteiger partial charge in [0, 0.05) is 31.7 Å². The number of benzene rings is 1. The van der Waals surface area contributed by atoms with Crippen LogP contribution in [0.5, 0.6) is 0 Å². The second-order valence-corrected chi connectivity index (χ2v) is 5.48. The molecule has 2 rings (SSSR count). The number of hydrogen-bond acceptors (Lipinski definition) is 3. The molecule has 0 aliphatic carbocycles. The number of hydrogen-bond donors (Lipinski definition) is 1. The van der Waals surface area contributed by atoms with Gasteiger partial charge in [-0.3, -0.25) is 9.69 Å². The Balaban J connectivity index is 1.87. The molecule has 0 unspecified atom stereocenters. The highest BCUT2D eigenvalue weighted by molar-refractivity contribution is 5.78. The quantitative estimate of drug-likeness (QED) is 0.901. The van der Waals surface area contributed by atoms with Gasteiger partial charge in [-0.15, -0.1) is 0 Å². The number of carbonyl (C=O) groups is 1. The molecule has 0 radical (unpaired) electrons. The average molecular weight is 279 g/mol. The smallest absolute Gasteiger partial charge is 0.236 e. The van der Waals surface area contributed by atoms with Gasteiger partial charge in [0.2, 0.25) is 5.91 Å². The summed E-state index contributed by atoms with van der Waals surface area (Å²) in [6.07, 6.45) is 2.06. The van der Waals surface area contributed by atoms with Gasteiger partial charge in [-0.2, -0.15) is 0 Å². The molecule has 2 N–H and O–H groups in total. The summed E-state index contributed by atoms with van der Waals surface area (Å²) in [4.78, 5) is 15.8. The average Bonchev–Trinajstić information content (AvgIpc) is 2.41. The number of carbonyl (C=O) groups excluding carboxylic acids is 1. The molecule has 20 heavy (non-hydrogen) atoms. The topological polar surface area (TPSA) is 49.6 Å². The zero-order valence-corrected chi connectivity index (χ0v) is 11.9. The Morgan fingerprint density at radius 1 is 1.50 bits per heavy atom. The standard InChI is InChI=1S/C15H22FN3O/c1-18(9-12-5-2-3-7-14(12)16)15(20)11-19-8-4-6-13(17)10-19/h2-3,5,7,13H,4,6,8-11,17H2,1H3/t13-/m1/s1. The van der Waals surface area contributed by atoms with Crippen molar-refractivity contribution in [2.75, 3.05) is 26.7 Å². The van der Waals surface area contributed by atoms with Crippen LogP contribution >= 0.6 is 0 Å². The van der Waals surface area contributed by atoms with Crippen LogP contribution in [-0.4, -0.2) is 48.4 Å². The zero-order valence-electron chi connectivity index (χ0n) is 11.9. The molecule has 0 saturated carbocycles. The maximum absolute atomic E-state index is 13.6. The van der Waals surface area contributed by atoms with E-state index in [4.69, 9.17) is 5.73 Å². The number of rotatable bonds is 4. The van der Waals surface area contributed by atoms with Gasteiger partial charge in [-0.05, 0) is 25.5 Å². The summed E-state index contributed by atoms with van der Waals surface area (Å²) in [6, 6.07) is 6.71. The van der Waals surface area contributed by atoms with Gasteiger partial charge in [-0.1, -0.05) is 18.2 Å².